The first kappa shape index (κ1) is 33.8. The molecule has 0 atom stereocenters. The SMILES string of the molecule is CCC1(CC)c2ccccc2-c2ccc(N(c3ccc(-c4cccc5ccccc45)cc3)c3ccc(-c4cccc5c4ccc4c6ccccc6sc54)cc3)cc21. The second kappa shape index (κ2) is 13.3. The Balaban J connectivity index is 1.04. The van der Waals surface area contributed by atoms with Gasteiger partial charge in [-0.05, 0) is 116 Å². The van der Waals surface area contributed by atoms with Gasteiger partial charge in [0.25, 0.3) is 0 Å². The van der Waals surface area contributed by atoms with Crippen molar-refractivity contribution in [3.05, 3.63) is 199 Å². The minimum absolute atomic E-state index is 0.0100. The van der Waals surface area contributed by atoms with Crippen molar-refractivity contribution in [3.8, 4) is 33.4 Å². The van der Waals surface area contributed by atoms with E-state index >= 15 is 0 Å². The maximum atomic E-state index is 2.48. The number of thiophene rings is 1. The van der Waals surface area contributed by atoms with E-state index in [2.05, 4.69) is 207 Å². The maximum Gasteiger partial charge on any atom is 0.0465 e. The van der Waals surface area contributed by atoms with E-state index in [1.54, 1.807) is 0 Å². The average Bonchev–Trinajstić information content (AvgIpc) is 3.80. The van der Waals surface area contributed by atoms with E-state index < -0.39 is 0 Å². The van der Waals surface area contributed by atoms with Crippen molar-refractivity contribution in [1.82, 2.24) is 0 Å². The van der Waals surface area contributed by atoms with Crippen LogP contribution in [0.2, 0.25) is 0 Å². The molecule has 11 rings (SSSR count). The Morgan fingerprint density at radius 1 is 0.404 bits per heavy atom. The quantitative estimate of drug-likeness (QED) is 0.157. The van der Waals surface area contributed by atoms with Crippen LogP contribution >= 0.6 is 11.3 Å². The number of hydrogen-bond acceptors (Lipinski definition) is 2. The molecule has 0 N–H and O–H groups in total. The zero-order chi connectivity index (χ0) is 38.1. The smallest absolute Gasteiger partial charge is 0.0465 e. The zero-order valence-electron chi connectivity index (χ0n) is 32.2. The van der Waals surface area contributed by atoms with Crippen molar-refractivity contribution < 1.29 is 0 Å². The van der Waals surface area contributed by atoms with Crippen LogP contribution < -0.4 is 4.90 Å². The van der Waals surface area contributed by atoms with Gasteiger partial charge in [0.2, 0.25) is 0 Å². The number of fused-ring (bicyclic) bond motifs is 9. The molecule has 0 fully saturated rings. The molecule has 0 unspecified atom stereocenters. The second-order valence-electron chi connectivity index (χ2n) is 15.5. The molecule has 0 amide bonds. The van der Waals surface area contributed by atoms with Gasteiger partial charge in [-0.1, -0.05) is 159 Å². The molecule has 2 heteroatoms. The predicted molar refractivity (Wildman–Crippen MR) is 247 cm³/mol. The van der Waals surface area contributed by atoms with E-state index in [1.807, 2.05) is 11.3 Å². The summed E-state index contributed by atoms with van der Waals surface area (Å²) in [4.78, 5) is 2.44. The molecule has 0 spiro atoms. The third-order valence-corrected chi connectivity index (χ3v) is 14.0. The Bertz CT molecular complexity index is 3140. The van der Waals surface area contributed by atoms with Gasteiger partial charge in [0.05, 0.1) is 0 Å². The van der Waals surface area contributed by atoms with Crippen LogP contribution in [0.5, 0.6) is 0 Å². The first-order valence-corrected chi connectivity index (χ1v) is 21.0. The summed E-state index contributed by atoms with van der Waals surface area (Å²) in [6.45, 7) is 4.70. The summed E-state index contributed by atoms with van der Waals surface area (Å²) in [6.07, 6.45) is 2.12. The van der Waals surface area contributed by atoms with Gasteiger partial charge in [-0.3, -0.25) is 0 Å². The van der Waals surface area contributed by atoms with Crippen LogP contribution in [0.4, 0.5) is 17.1 Å². The Kier molecular flexibility index (Phi) is 7.91. The van der Waals surface area contributed by atoms with E-state index in [0.717, 1.165) is 24.2 Å². The molecule has 272 valence electrons. The minimum Gasteiger partial charge on any atom is -0.310 e. The van der Waals surface area contributed by atoms with E-state index in [9.17, 15) is 0 Å². The van der Waals surface area contributed by atoms with Gasteiger partial charge in [-0.25, -0.2) is 0 Å². The van der Waals surface area contributed by atoms with Gasteiger partial charge in [-0.2, -0.15) is 0 Å². The minimum atomic E-state index is -0.0100. The van der Waals surface area contributed by atoms with Crippen LogP contribution in [-0.4, -0.2) is 0 Å². The molecule has 10 aromatic rings. The molecule has 0 bridgehead atoms. The second-order valence-corrected chi connectivity index (χ2v) is 16.5. The molecule has 0 radical (unpaired) electrons. The van der Waals surface area contributed by atoms with Gasteiger partial charge in [0.15, 0.2) is 0 Å². The van der Waals surface area contributed by atoms with Gasteiger partial charge < -0.3 is 4.90 Å². The highest BCUT2D eigenvalue weighted by atomic mass is 32.1. The summed E-state index contributed by atoms with van der Waals surface area (Å²) >= 11 is 1.90. The molecular formula is C55H41NS. The summed E-state index contributed by atoms with van der Waals surface area (Å²) in [5, 5.41) is 7.82. The lowest BCUT2D eigenvalue weighted by Crippen LogP contribution is -2.23. The number of benzene rings is 9. The lowest BCUT2D eigenvalue weighted by Gasteiger charge is -2.32. The Hall–Kier alpha value is -6.48. The third-order valence-electron chi connectivity index (χ3n) is 12.8. The van der Waals surface area contributed by atoms with E-state index in [-0.39, 0.29) is 5.41 Å². The molecule has 0 aliphatic heterocycles. The van der Waals surface area contributed by atoms with Crippen LogP contribution in [-0.2, 0) is 5.41 Å². The van der Waals surface area contributed by atoms with Crippen LogP contribution in [0.25, 0.3) is 75.1 Å². The summed E-state index contributed by atoms with van der Waals surface area (Å²) < 4.78 is 2.70. The molecule has 1 nitrogen and oxygen atoms in total. The van der Waals surface area contributed by atoms with E-state index in [1.165, 1.54) is 91.9 Å². The summed E-state index contributed by atoms with van der Waals surface area (Å²) in [7, 11) is 0. The largest absolute Gasteiger partial charge is 0.310 e. The number of hydrogen-bond donors (Lipinski definition) is 0. The Morgan fingerprint density at radius 3 is 1.68 bits per heavy atom. The summed E-state index contributed by atoms with van der Waals surface area (Å²) in [5.41, 5.74) is 14.0. The fourth-order valence-electron chi connectivity index (χ4n) is 9.89. The van der Waals surface area contributed by atoms with Crippen LogP contribution in [0.1, 0.15) is 37.8 Å². The van der Waals surface area contributed by atoms with Gasteiger partial charge >= 0.3 is 0 Å². The van der Waals surface area contributed by atoms with Crippen LogP contribution in [0.3, 0.4) is 0 Å². The number of nitrogens with zero attached hydrogens (tertiary/aromatic N) is 1. The predicted octanol–water partition coefficient (Wildman–Crippen LogP) is 16.3. The van der Waals surface area contributed by atoms with Crippen molar-refractivity contribution in [3.63, 3.8) is 0 Å². The van der Waals surface area contributed by atoms with Crippen molar-refractivity contribution in [2.75, 3.05) is 4.90 Å². The Labute approximate surface area is 338 Å². The lowest BCUT2D eigenvalue weighted by molar-refractivity contribution is 0.490. The van der Waals surface area contributed by atoms with Crippen molar-refractivity contribution in [1.29, 1.82) is 0 Å². The molecule has 0 saturated heterocycles. The molecule has 57 heavy (non-hydrogen) atoms. The van der Waals surface area contributed by atoms with Crippen molar-refractivity contribution >= 4 is 70.1 Å². The highest BCUT2D eigenvalue weighted by Crippen LogP contribution is 2.54. The first-order valence-electron chi connectivity index (χ1n) is 20.2. The average molecular weight is 748 g/mol. The number of rotatable bonds is 7. The zero-order valence-corrected chi connectivity index (χ0v) is 33.0. The summed E-state index contributed by atoms with van der Waals surface area (Å²) in [6, 6.07) is 70.0. The molecule has 1 aliphatic carbocycles. The normalized spacial score (nSPS) is 13.0. The molecule has 0 saturated carbocycles. The summed E-state index contributed by atoms with van der Waals surface area (Å²) in [5.74, 6) is 0. The molecule has 1 aliphatic rings. The molecule has 1 heterocycles. The monoisotopic (exact) mass is 747 g/mol. The van der Waals surface area contributed by atoms with Gasteiger partial charge in [0.1, 0.15) is 0 Å². The lowest BCUT2D eigenvalue weighted by atomic mass is 9.74. The maximum absolute atomic E-state index is 2.48. The molecular weight excluding hydrogens is 707 g/mol. The fourth-order valence-corrected chi connectivity index (χ4v) is 11.1. The van der Waals surface area contributed by atoms with Crippen LogP contribution in [0.15, 0.2) is 188 Å². The van der Waals surface area contributed by atoms with E-state index in [4.69, 9.17) is 0 Å². The molecule has 1 aromatic heterocycles. The van der Waals surface area contributed by atoms with Crippen LogP contribution in [0, 0.1) is 0 Å². The highest BCUT2D eigenvalue weighted by Gasteiger charge is 2.40. The van der Waals surface area contributed by atoms with E-state index in [0.29, 0.717) is 0 Å². The fraction of sp³-hybridized carbons (Fsp3) is 0.0909. The standard InChI is InChI=1S/C55H41NS/c1-3-55(4-2)51-21-9-7-16-46(51)47-32-31-41(35-52(47)55)56(39-27-23-37(24-28-39)43-18-11-14-36-13-5-6-15-42(36)43)40-29-25-38(26-30-40)44-19-12-20-49-45(44)33-34-50-48-17-8-10-22-53(48)57-54(49)50/h5-35H,3-4H2,1-2H3. The van der Waals surface area contributed by atoms with Crippen molar-refractivity contribution in [2.24, 2.45) is 0 Å². The van der Waals surface area contributed by atoms with Crippen molar-refractivity contribution in [2.45, 2.75) is 32.1 Å². The number of anilines is 3. The molecule has 9 aromatic carbocycles. The first-order chi connectivity index (χ1) is 28.1. The topological polar surface area (TPSA) is 3.24 Å². The highest BCUT2D eigenvalue weighted by molar-refractivity contribution is 7.26. The van der Waals surface area contributed by atoms with Gasteiger partial charge in [-0.15, -0.1) is 11.3 Å². The Morgan fingerprint density at radius 2 is 0.930 bits per heavy atom. The third kappa shape index (κ3) is 5.21. The van der Waals surface area contributed by atoms with Gasteiger partial charge in [0, 0.05) is 48.0 Å².